The number of nitrogens with one attached hydrogen (secondary N) is 2. The normalized spacial score (nSPS) is 16.0. The third kappa shape index (κ3) is 3.58. The van der Waals surface area contributed by atoms with Crippen LogP contribution in [0.3, 0.4) is 0 Å². The van der Waals surface area contributed by atoms with E-state index >= 15 is 0 Å². The molecule has 0 saturated heterocycles. The molecule has 2 N–H and O–H groups in total. The average molecular weight is 391 g/mol. The lowest BCUT2D eigenvalue weighted by molar-refractivity contribution is -0.0269. The number of hydroxylamine groups is 1. The Kier molecular flexibility index (Phi) is 4.56. The molecule has 0 amide bonds. The van der Waals surface area contributed by atoms with Gasteiger partial charge in [0.05, 0.1) is 31.5 Å². The van der Waals surface area contributed by atoms with Gasteiger partial charge >= 0.3 is 0 Å². The van der Waals surface area contributed by atoms with Crippen molar-refractivity contribution >= 4 is 23.0 Å². The molecule has 1 aromatic carbocycles. The highest BCUT2D eigenvalue weighted by atomic mass is 16.7. The maximum Gasteiger partial charge on any atom is 0.187 e. The van der Waals surface area contributed by atoms with Crippen molar-refractivity contribution in [3.63, 3.8) is 0 Å². The van der Waals surface area contributed by atoms with Crippen molar-refractivity contribution in [2.75, 3.05) is 12.4 Å². The van der Waals surface area contributed by atoms with Crippen LogP contribution in [0.4, 0.5) is 11.5 Å². The van der Waals surface area contributed by atoms with E-state index in [-0.39, 0.29) is 6.04 Å². The van der Waals surface area contributed by atoms with Crippen LogP contribution in [-0.2, 0) is 4.84 Å². The van der Waals surface area contributed by atoms with E-state index in [2.05, 4.69) is 25.7 Å². The fraction of sp³-hybridized carbons (Fsp3) is 0.300. The molecule has 3 aromatic rings. The minimum Gasteiger partial charge on any atom is -0.497 e. The molecule has 0 saturated carbocycles. The predicted octanol–water partition coefficient (Wildman–Crippen LogP) is 3.48. The van der Waals surface area contributed by atoms with Gasteiger partial charge in [0, 0.05) is 11.8 Å². The van der Waals surface area contributed by atoms with E-state index in [0.29, 0.717) is 28.7 Å². The lowest BCUT2D eigenvalue weighted by Crippen LogP contribution is -2.23. The minimum absolute atomic E-state index is 0.128. The van der Waals surface area contributed by atoms with E-state index in [0.717, 1.165) is 11.1 Å². The number of anilines is 1. The molecule has 0 fully saturated rings. The first kappa shape index (κ1) is 18.7. The van der Waals surface area contributed by atoms with Gasteiger partial charge in [-0.3, -0.25) is 0 Å². The molecule has 4 rings (SSSR count). The monoisotopic (exact) mass is 391 g/mol. The summed E-state index contributed by atoms with van der Waals surface area (Å²) in [5.41, 5.74) is 5.05. The Morgan fingerprint density at radius 3 is 2.86 bits per heavy atom. The Labute approximate surface area is 168 Å². The van der Waals surface area contributed by atoms with Gasteiger partial charge in [0.25, 0.3) is 0 Å². The fourth-order valence-electron chi connectivity index (χ4n) is 3.15. The Morgan fingerprint density at radius 2 is 2.17 bits per heavy atom. The van der Waals surface area contributed by atoms with Crippen LogP contribution in [0.15, 0.2) is 41.7 Å². The van der Waals surface area contributed by atoms with Crippen LogP contribution < -0.4 is 15.5 Å². The van der Waals surface area contributed by atoms with Crippen molar-refractivity contribution in [1.82, 2.24) is 20.1 Å². The van der Waals surface area contributed by atoms with Crippen LogP contribution in [0.25, 0.3) is 10.5 Å². The van der Waals surface area contributed by atoms with Crippen LogP contribution in [0.2, 0.25) is 0 Å². The van der Waals surface area contributed by atoms with Crippen LogP contribution in [0.1, 0.15) is 37.9 Å². The summed E-state index contributed by atoms with van der Waals surface area (Å²) in [6.45, 7) is 13.0. The number of methoxy groups -OCH3 is 1. The van der Waals surface area contributed by atoms with E-state index in [1.54, 1.807) is 30.0 Å². The van der Waals surface area contributed by atoms with Gasteiger partial charge in [-0.15, -0.1) is 0 Å². The lowest BCUT2D eigenvalue weighted by Gasteiger charge is -2.18. The summed E-state index contributed by atoms with van der Waals surface area (Å²) < 4.78 is 7.13. The smallest absolute Gasteiger partial charge is 0.187 e. The summed E-state index contributed by atoms with van der Waals surface area (Å²) in [6.07, 6.45) is 3.53. The molecule has 0 aliphatic carbocycles. The van der Waals surface area contributed by atoms with Crippen molar-refractivity contribution in [3.05, 3.63) is 59.2 Å². The van der Waals surface area contributed by atoms with Crippen molar-refractivity contribution in [2.45, 2.75) is 32.5 Å². The Balaban J connectivity index is 1.66. The largest absolute Gasteiger partial charge is 0.497 e. The number of amidine groups is 1. The number of fused-ring (bicyclic) bond motifs is 1. The van der Waals surface area contributed by atoms with Crippen LogP contribution in [0.5, 0.6) is 5.75 Å². The summed E-state index contributed by atoms with van der Waals surface area (Å²) in [5, 5.41) is 7.71. The molecule has 9 nitrogen and oxygen atoms in total. The molecular weight excluding hydrogens is 370 g/mol. The number of hydrogen-bond acceptors (Lipinski definition) is 7. The van der Waals surface area contributed by atoms with E-state index in [4.69, 9.17) is 21.1 Å². The van der Waals surface area contributed by atoms with Gasteiger partial charge in [-0.05, 0) is 39.0 Å². The molecule has 3 heterocycles. The Bertz CT molecular complexity index is 1140. The molecule has 0 spiro atoms. The van der Waals surface area contributed by atoms with E-state index < -0.39 is 5.72 Å². The SMILES string of the molecule is [C-]#[N+]c1ccc(OC)c([C@@H](C)Nc2ccn3ncc(C4=NC(C)(C)ON4)c3n2)c1. The van der Waals surface area contributed by atoms with Gasteiger partial charge < -0.3 is 10.1 Å². The maximum absolute atomic E-state index is 7.25. The third-order valence-corrected chi connectivity index (χ3v) is 4.58. The van der Waals surface area contributed by atoms with Crippen LogP contribution in [0, 0.1) is 6.57 Å². The highest BCUT2D eigenvalue weighted by Crippen LogP contribution is 2.31. The third-order valence-electron chi connectivity index (χ3n) is 4.58. The number of aromatic nitrogens is 3. The lowest BCUT2D eigenvalue weighted by atomic mass is 10.1. The summed E-state index contributed by atoms with van der Waals surface area (Å²) in [5.74, 6) is 1.97. The standard InChI is InChI=1S/C20H21N7O2/c1-12(14-10-13(21-4)6-7-16(14)28-5)23-17-8-9-27-19(24-17)15(11-22-27)18-25-20(2,3)29-26-18/h6-12H,1-3,5H3,(H,23,24)(H,25,26)/t12-/m1/s1. The number of ether oxygens (including phenoxy) is 1. The summed E-state index contributed by atoms with van der Waals surface area (Å²) in [6, 6.07) is 7.08. The highest BCUT2D eigenvalue weighted by Gasteiger charge is 2.28. The molecule has 9 heteroatoms. The molecule has 1 atom stereocenters. The quantitative estimate of drug-likeness (QED) is 0.648. The number of nitrogens with zero attached hydrogens (tertiary/aromatic N) is 5. The first-order valence-corrected chi connectivity index (χ1v) is 9.11. The zero-order valence-corrected chi connectivity index (χ0v) is 16.6. The van der Waals surface area contributed by atoms with Gasteiger partial charge in [-0.25, -0.2) is 29.7 Å². The molecule has 0 unspecified atom stereocenters. The van der Waals surface area contributed by atoms with Crippen molar-refractivity contribution in [3.8, 4) is 5.75 Å². The maximum atomic E-state index is 7.25. The van der Waals surface area contributed by atoms with Crippen LogP contribution >= 0.6 is 0 Å². The average Bonchev–Trinajstić information content (AvgIpc) is 3.29. The van der Waals surface area contributed by atoms with Gasteiger partial charge in [-0.1, -0.05) is 6.07 Å². The van der Waals surface area contributed by atoms with Gasteiger partial charge in [0.15, 0.2) is 22.9 Å². The Morgan fingerprint density at radius 1 is 1.34 bits per heavy atom. The molecule has 29 heavy (non-hydrogen) atoms. The van der Waals surface area contributed by atoms with Gasteiger partial charge in [0.1, 0.15) is 11.6 Å². The second-order valence-electron chi connectivity index (χ2n) is 7.15. The van der Waals surface area contributed by atoms with E-state index in [1.807, 2.05) is 39.1 Å². The molecular formula is C20H21N7O2. The second kappa shape index (κ2) is 7.07. The molecule has 0 radical (unpaired) electrons. The minimum atomic E-state index is -0.640. The van der Waals surface area contributed by atoms with Crippen LogP contribution in [-0.4, -0.2) is 33.3 Å². The van der Waals surface area contributed by atoms with Crippen molar-refractivity contribution in [1.29, 1.82) is 0 Å². The van der Waals surface area contributed by atoms with E-state index in [9.17, 15) is 0 Å². The predicted molar refractivity (Wildman–Crippen MR) is 109 cm³/mol. The molecule has 2 aromatic heterocycles. The number of hydrogen-bond donors (Lipinski definition) is 2. The first-order chi connectivity index (χ1) is 13.9. The second-order valence-corrected chi connectivity index (χ2v) is 7.15. The molecule has 148 valence electrons. The highest BCUT2D eigenvalue weighted by molar-refractivity contribution is 6.03. The number of benzene rings is 1. The summed E-state index contributed by atoms with van der Waals surface area (Å²) in [4.78, 5) is 18.2. The van der Waals surface area contributed by atoms with Gasteiger partial charge in [-0.2, -0.15) is 5.10 Å². The molecule has 0 bridgehead atoms. The first-order valence-electron chi connectivity index (χ1n) is 9.11. The topological polar surface area (TPSA) is 89.4 Å². The summed E-state index contributed by atoms with van der Waals surface area (Å²) in [7, 11) is 1.62. The van der Waals surface area contributed by atoms with Crippen molar-refractivity contribution in [2.24, 2.45) is 4.99 Å². The molecule has 1 aliphatic heterocycles. The van der Waals surface area contributed by atoms with Gasteiger partial charge in [0.2, 0.25) is 0 Å². The number of rotatable bonds is 5. The van der Waals surface area contributed by atoms with Crippen molar-refractivity contribution < 1.29 is 9.57 Å². The van der Waals surface area contributed by atoms with E-state index in [1.165, 1.54) is 0 Å². The molecule has 1 aliphatic rings. The zero-order valence-electron chi connectivity index (χ0n) is 16.6. The fourth-order valence-corrected chi connectivity index (χ4v) is 3.15. The zero-order chi connectivity index (χ0) is 20.6. The number of aliphatic imine (C=N–C) groups is 1. The summed E-state index contributed by atoms with van der Waals surface area (Å²) >= 11 is 0. The Hall–Kier alpha value is -3.64.